The van der Waals surface area contributed by atoms with Gasteiger partial charge < -0.3 is 5.32 Å². The van der Waals surface area contributed by atoms with Gasteiger partial charge in [-0.2, -0.15) is 13.2 Å². The Labute approximate surface area is 121 Å². The third-order valence-corrected chi connectivity index (χ3v) is 5.28. The quantitative estimate of drug-likeness (QED) is 0.893. The van der Waals surface area contributed by atoms with Gasteiger partial charge in [0, 0.05) is 5.38 Å². The Balaban J connectivity index is 2.28. The molecular weight excluding hydrogens is 285 g/mol. The summed E-state index contributed by atoms with van der Waals surface area (Å²) in [6.07, 6.45) is -2.48. The zero-order valence-electron chi connectivity index (χ0n) is 12.0. The van der Waals surface area contributed by atoms with Crippen LogP contribution < -0.4 is 5.32 Å². The Hall–Kier alpha value is -0.620. The van der Waals surface area contributed by atoms with E-state index in [1.54, 1.807) is 7.05 Å². The van der Waals surface area contributed by atoms with Crippen LogP contribution >= 0.6 is 11.3 Å². The minimum atomic E-state index is -4.11. The molecule has 0 bridgehead atoms. The maximum atomic E-state index is 13.0. The van der Waals surface area contributed by atoms with Gasteiger partial charge in [0.2, 0.25) is 0 Å². The normalized spacial score (nSPS) is 28.1. The van der Waals surface area contributed by atoms with Crippen LogP contribution in [0.5, 0.6) is 0 Å². The molecule has 2 atom stereocenters. The molecule has 0 saturated heterocycles. The molecule has 6 heteroatoms. The summed E-state index contributed by atoms with van der Waals surface area (Å²) in [5.74, 6) is -0.925. The minimum Gasteiger partial charge on any atom is -0.308 e. The first-order valence-corrected chi connectivity index (χ1v) is 7.88. The summed E-state index contributed by atoms with van der Waals surface area (Å²) in [5, 5.41) is 5.91. The fourth-order valence-electron chi connectivity index (χ4n) is 2.85. The summed E-state index contributed by atoms with van der Waals surface area (Å²) < 4.78 is 39.1. The number of alkyl halides is 3. The van der Waals surface area contributed by atoms with Crippen molar-refractivity contribution in [3.63, 3.8) is 0 Å². The van der Waals surface area contributed by atoms with Crippen LogP contribution in [0.3, 0.4) is 0 Å². The summed E-state index contributed by atoms with van der Waals surface area (Å²) in [7, 11) is 1.75. The molecule has 0 aliphatic heterocycles. The van der Waals surface area contributed by atoms with Gasteiger partial charge in [0.15, 0.2) is 0 Å². The molecule has 2 rings (SSSR count). The Morgan fingerprint density at radius 1 is 1.45 bits per heavy atom. The van der Waals surface area contributed by atoms with Crippen molar-refractivity contribution in [3.05, 3.63) is 16.1 Å². The van der Waals surface area contributed by atoms with Crippen LogP contribution in [0.4, 0.5) is 13.2 Å². The summed E-state index contributed by atoms with van der Waals surface area (Å²) >= 11 is 1.48. The lowest BCUT2D eigenvalue weighted by atomic mass is 9.75. The molecule has 0 radical (unpaired) electrons. The standard InChI is InChI=1S/C14H21F3N2S/c1-9(2)11-8-20-12(19-11)13(18-3)6-4-5-10(7-13)14(15,16)17/h8-10,18H,4-7H2,1-3H3. The van der Waals surface area contributed by atoms with E-state index in [1.165, 1.54) is 11.3 Å². The molecule has 1 aliphatic carbocycles. The smallest absolute Gasteiger partial charge is 0.308 e. The SMILES string of the molecule is CNC1(c2nc(C(C)C)cs2)CCCC(C(F)(F)F)C1. The summed E-state index contributed by atoms with van der Waals surface area (Å²) in [4.78, 5) is 4.58. The Morgan fingerprint density at radius 2 is 2.15 bits per heavy atom. The van der Waals surface area contributed by atoms with E-state index in [-0.39, 0.29) is 12.8 Å². The van der Waals surface area contributed by atoms with E-state index in [0.29, 0.717) is 12.3 Å². The second kappa shape index (κ2) is 5.64. The molecular formula is C14H21F3N2S. The topological polar surface area (TPSA) is 24.9 Å². The van der Waals surface area contributed by atoms with Crippen LogP contribution in [0.25, 0.3) is 0 Å². The lowest BCUT2D eigenvalue weighted by Crippen LogP contribution is -2.46. The van der Waals surface area contributed by atoms with E-state index in [0.717, 1.165) is 17.1 Å². The van der Waals surface area contributed by atoms with Crippen LogP contribution in [0, 0.1) is 5.92 Å². The zero-order chi connectivity index (χ0) is 15.0. The van der Waals surface area contributed by atoms with Crippen LogP contribution in [0.1, 0.15) is 56.2 Å². The van der Waals surface area contributed by atoms with Gasteiger partial charge in [-0.1, -0.05) is 20.3 Å². The maximum Gasteiger partial charge on any atom is 0.391 e. The van der Waals surface area contributed by atoms with Gasteiger partial charge >= 0.3 is 6.18 Å². The van der Waals surface area contributed by atoms with Crippen molar-refractivity contribution in [2.45, 2.75) is 57.2 Å². The van der Waals surface area contributed by atoms with Gasteiger partial charge in [0.1, 0.15) is 5.01 Å². The molecule has 1 heterocycles. The first kappa shape index (κ1) is 15.8. The number of aromatic nitrogens is 1. The molecule has 2 unspecified atom stereocenters. The van der Waals surface area contributed by atoms with Crippen LogP contribution in [0.2, 0.25) is 0 Å². The molecule has 1 aromatic rings. The highest BCUT2D eigenvalue weighted by Gasteiger charge is 2.48. The van der Waals surface area contributed by atoms with E-state index in [9.17, 15) is 13.2 Å². The van der Waals surface area contributed by atoms with Crippen LogP contribution in [0.15, 0.2) is 5.38 Å². The van der Waals surface area contributed by atoms with E-state index in [4.69, 9.17) is 0 Å². The Morgan fingerprint density at radius 3 is 2.65 bits per heavy atom. The van der Waals surface area contributed by atoms with E-state index < -0.39 is 17.6 Å². The van der Waals surface area contributed by atoms with Crippen molar-refractivity contribution in [1.29, 1.82) is 0 Å². The van der Waals surface area contributed by atoms with Crippen molar-refractivity contribution in [2.24, 2.45) is 5.92 Å². The largest absolute Gasteiger partial charge is 0.391 e. The number of nitrogens with zero attached hydrogens (tertiary/aromatic N) is 1. The van der Waals surface area contributed by atoms with Gasteiger partial charge in [-0.05, 0) is 32.2 Å². The second-order valence-corrected chi connectivity index (χ2v) is 6.76. The third kappa shape index (κ3) is 3.01. The summed E-state index contributed by atoms with van der Waals surface area (Å²) in [5.41, 5.74) is 0.352. The van der Waals surface area contributed by atoms with Crippen LogP contribution in [-0.2, 0) is 5.54 Å². The number of hydrogen-bond acceptors (Lipinski definition) is 3. The molecule has 1 fully saturated rings. The van der Waals surface area contributed by atoms with Crippen molar-refractivity contribution in [1.82, 2.24) is 10.3 Å². The van der Waals surface area contributed by atoms with Gasteiger partial charge in [-0.15, -0.1) is 11.3 Å². The maximum absolute atomic E-state index is 13.0. The van der Waals surface area contributed by atoms with E-state index in [1.807, 2.05) is 19.2 Å². The average molecular weight is 306 g/mol. The van der Waals surface area contributed by atoms with Crippen molar-refractivity contribution >= 4 is 11.3 Å². The molecule has 1 saturated carbocycles. The van der Waals surface area contributed by atoms with Gasteiger partial charge in [0.05, 0.1) is 17.2 Å². The molecule has 1 aliphatic rings. The molecule has 1 N–H and O–H groups in total. The highest BCUT2D eigenvalue weighted by molar-refractivity contribution is 7.09. The predicted octanol–water partition coefficient (Wildman–Crippen LogP) is 4.43. The molecule has 20 heavy (non-hydrogen) atoms. The number of hydrogen-bond donors (Lipinski definition) is 1. The monoisotopic (exact) mass is 306 g/mol. The Kier molecular flexibility index (Phi) is 4.44. The number of halogens is 3. The molecule has 0 spiro atoms. The molecule has 2 nitrogen and oxygen atoms in total. The molecule has 114 valence electrons. The molecule has 1 aromatic heterocycles. The highest BCUT2D eigenvalue weighted by atomic mass is 32.1. The van der Waals surface area contributed by atoms with E-state index >= 15 is 0 Å². The zero-order valence-corrected chi connectivity index (χ0v) is 12.9. The highest BCUT2D eigenvalue weighted by Crippen LogP contribution is 2.46. The molecule has 0 aromatic carbocycles. The van der Waals surface area contributed by atoms with Crippen molar-refractivity contribution in [3.8, 4) is 0 Å². The fourth-order valence-corrected chi connectivity index (χ4v) is 4.08. The van der Waals surface area contributed by atoms with Gasteiger partial charge in [0.25, 0.3) is 0 Å². The predicted molar refractivity (Wildman–Crippen MR) is 75.0 cm³/mol. The number of nitrogens with one attached hydrogen (secondary N) is 1. The van der Waals surface area contributed by atoms with E-state index in [2.05, 4.69) is 10.3 Å². The lowest BCUT2D eigenvalue weighted by Gasteiger charge is -2.40. The third-order valence-electron chi connectivity index (χ3n) is 4.22. The number of thiazole rings is 1. The van der Waals surface area contributed by atoms with Crippen molar-refractivity contribution < 1.29 is 13.2 Å². The minimum absolute atomic E-state index is 0.0953. The van der Waals surface area contributed by atoms with Crippen LogP contribution in [-0.4, -0.2) is 18.2 Å². The Bertz CT molecular complexity index is 456. The fraction of sp³-hybridized carbons (Fsp3) is 0.786. The second-order valence-electron chi connectivity index (χ2n) is 5.90. The van der Waals surface area contributed by atoms with Gasteiger partial charge in [-0.3, -0.25) is 0 Å². The summed E-state index contributed by atoms with van der Waals surface area (Å²) in [6.45, 7) is 4.09. The first-order chi connectivity index (χ1) is 9.28. The molecule has 0 amide bonds. The van der Waals surface area contributed by atoms with Crippen molar-refractivity contribution in [2.75, 3.05) is 7.05 Å². The first-order valence-electron chi connectivity index (χ1n) is 7.00. The summed E-state index contributed by atoms with van der Waals surface area (Å²) in [6, 6.07) is 0. The van der Waals surface area contributed by atoms with Gasteiger partial charge in [-0.25, -0.2) is 4.98 Å². The number of rotatable bonds is 3. The lowest BCUT2D eigenvalue weighted by molar-refractivity contribution is -0.188. The average Bonchev–Trinajstić information content (AvgIpc) is 2.88.